The van der Waals surface area contributed by atoms with Crippen LogP contribution in [0.5, 0.6) is 0 Å². The number of nitrogens with zero attached hydrogens (tertiary/aromatic N) is 4. The van der Waals surface area contributed by atoms with Gasteiger partial charge in [-0.2, -0.15) is 10.4 Å². The van der Waals surface area contributed by atoms with Crippen molar-refractivity contribution >= 4 is 17.3 Å². The van der Waals surface area contributed by atoms with Gasteiger partial charge in [-0.05, 0) is 49.6 Å². The Hall–Kier alpha value is -2.97. The van der Waals surface area contributed by atoms with Gasteiger partial charge < -0.3 is 5.41 Å². The Balaban J connectivity index is 1.87. The molecule has 5 nitrogen and oxygen atoms in total. The summed E-state index contributed by atoms with van der Waals surface area (Å²) in [5, 5.41) is 22.2. The van der Waals surface area contributed by atoms with Gasteiger partial charge in [0.2, 0.25) is 0 Å². The highest BCUT2D eigenvalue weighted by Crippen LogP contribution is 2.30. The number of nitriles is 1. The first-order valence-corrected chi connectivity index (χ1v) is 9.59. The summed E-state index contributed by atoms with van der Waals surface area (Å²) in [6.07, 6.45) is 3.49. The Labute approximate surface area is 170 Å². The number of pyridine rings is 1. The highest BCUT2D eigenvalue weighted by molar-refractivity contribution is 6.32. The largest absolute Gasteiger partial charge is 0.303 e. The minimum Gasteiger partial charge on any atom is -0.303 e. The molecule has 0 atom stereocenters. The Morgan fingerprint density at radius 2 is 2.04 bits per heavy atom. The molecular formula is C22H22ClN5. The van der Waals surface area contributed by atoms with E-state index >= 15 is 0 Å². The average Bonchev–Trinajstić information content (AvgIpc) is 2.95. The van der Waals surface area contributed by atoms with Gasteiger partial charge in [0.1, 0.15) is 6.07 Å². The smallest absolute Gasteiger partial charge is 0.101 e. The lowest BCUT2D eigenvalue weighted by molar-refractivity contribution is 0.657. The molecule has 3 rings (SSSR count). The molecular weight excluding hydrogens is 370 g/mol. The maximum absolute atomic E-state index is 9.07. The van der Waals surface area contributed by atoms with Crippen LogP contribution in [0.25, 0.3) is 11.1 Å². The zero-order valence-corrected chi connectivity index (χ0v) is 17.0. The van der Waals surface area contributed by atoms with E-state index < -0.39 is 0 Å². The van der Waals surface area contributed by atoms with Gasteiger partial charge in [-0.15, -0.1) is 0 Å². The summed E-state index contributed by atoms with van der Waals surface area (Å²) in [4.78, 5) is 4.43. The summed E-state index contributed by atoms with van der Waals surface area (Å²) < 4.78 is 1.95. The Morgan fingerprint density at radius 3 is 2.64 bits per heavy atom. The molecule has 2 aromatic heterocycles. The van der Waals surface area contributed by atoms with Crippen LogP contribution in [-0.2, 0) is 6.54 Å². The highest BCUT2D eigenvalue weighted by Gasteiger charge is 2.15. The molecule has 0 radical (unpaired) electrons. The third kappa shape index (κ3) is 3.97. The summed E-state index contributed by atoms with van der Waals surface area (Å²) in [5.41, 5.74) is 6.71. The van der Waals surface area contributed by atoms with Gasteiger partial charge in [-0.25, -0.2) is 0 Å². The van der Waals surface area contributed by atoms with Crippen molar-refractivity contribution in [3.63, 3.8) is 0 Å². The second-order valence-corrected chi connectivity index (χ2v) is 7.20. The fourth-order valence-electron chi connectivity index (χ4n) is 3.28. The predicted molar refractivity (Wildman–Crippen MR) is 112 cm³/mol. The van der Waals surface area contributed by atoms with Crippen LogP contribution < -0.4 is 0 Å². The van der Waals surface area contributed by atoms with Crippen molar-refractivity contribution in [2.75, 3.05) is 0 Å². The van der Waals surface area contributed by atoms with Crippen LogP contribution in [0.3, 0.4) is 0 Å². The molecule has 0 amide bonds. The van der Waals surface area contributed by atoms with Crippen LogP contribution in [0.2, 0.25) is 5.02 Å². The molecule has 1 aromatic carbocycles. The summed E-state index contributed by atoms with van der Waals surface area (Å²) >= 11 is 6.21. The lowest BCUT2D eigenvalue weighted by Gasteiger charge is -2.08. The molecule has 0 bridgehead atoms. The van der Waals surface area contributed by atoms with Crippen LogP contribution in [0.1, 0.15) is 48.0 Å². The molecule has 1 N–H and O–H groups in total. The number of hydrogen-bond acceptors (Lipinski definition) is 4. The lowest BCUT2D eigenvalue weighted by Crippen LogP contribution is -2.06. The molecule has 142 valence electrons. The number of benzene rings is 1. The molecule has 0 spiro atoms. The van der Waals surface area contributed by atoms with Crippen molar-refractivity contribution in [3.05, 3.63) is 69.8 Å². The van der Waals surface area contributed by atoms with Crippen LogP contribution in [0, 0.1) is 30.6 Å². The molecule has 2 heterocycles. The number of aromatic nitrogens is 3. The van der Waals surface area contributed by atoms with E-state index in [1.807, 2.05) is 49.0 Å². The van der Waals surface area contributed by atoms with Crippen molar-refractivity contribution in [2.45, 2.75) is 40.2 Å². The minimum atomic E-state index is 0.445. The van der Waals surface area contributed by atoms with Gasteiger partial charge in [0.15, 0.2) is 0 Å². The van der Waals surface area contributed by atoms with Crippen molar-refractivity contribution in [2.24, 2.45) is 0 Å². The Kier molecular flexibility index (Phi) is 5.91. The van der Waals surface area contributed by atoms with Crippen molar-refractivity contribution in [1.29, 1.82) is 10.7 Å². The van der Waals surface area contributed by atoms with Gasteiger partial charge in [0.25, 0.3) is 0 Å². The number of nitrogens with one attached hydrogen (secondary N) is 1. The fourth-order valence-corrected chi connectivity index (χ4v) is 3.50. The number of hydrogen-bond donors (Lipinski definition) is 1. The van der Waals surface area contributed by atoms with E-state index in [1.165, 1.54) is 0 Å². The second kappa shape index (κ2) is 8.37. The van der Waals surface area contributed by atoms with Gasteiger partial charge in [0.05, 0.1) is 34.2 Å². The number of aryl methyl sites for hydroxylation is 1. The van der Waals surface area contributed by atoms with Gasteiger partial charge in [-0.3, -0.25) is 9.67 Å². The first-order chi connectivity index (χ1) is 13.4. The number of rotatable bonds is 6. The van der Waals surface area contributed by atoms with E-state index in [4.69, 9.17) is 22.3 Å². The summed E-state index contributed by atoms with van der Waals surface area (Å²) in [6.45, 7) is 6.66. The van der Waals surface area contributed by atoms with Gasteiger partial charge >= 0.3 is 0 Å². The first kappa shape index (κ1) is 19.8. The molecule has 6 heteroatoms. The van der Waals surface area contributed by atoms with E-state index in [0.717, 1.165) is 46.6 Å². The Bertz CT molecular complexity index is 1060. The van der Waals surface area contributed by atoms with Crippen molar-refractivity contribution in [3.8, 4) is 17.2 Å². The summed E-state index contributed by atoms with van der Waals surface area (Å²) in [6, 6.07) is 11.4. The maximum atomic E-state index is 9.07. The van der Waals surface area contributed by atoms with Crippen LogP contribution in [0.4, 0.5) is 0 Å². The van der Waals surface area contributed by atoms with E-state index in [9.17, 15) is 0 Å². The quantitative estimate of drug-likeness (QED) is 0.579. The van der Waals surface area contributed by atoms with E-state index in [0.29, 0.717) is 22.8 Å². The van der Waals surface area contributed by atoms with Crippen LogP contribution >= 0.6 is 11.6 Å². The van der Waals surface area contributed by atoms with Crippen molar-refractivity contribution < 1.29 is 0 Å². The molecule has 0 aliphatic carbocycles. The first-order valence-electron chi connectivity index (χ1n) is 9.21. The summed E-state index contributed by atoms with van der Waals surface area (Å²) in [5.74, 6) is 0. The van der Waals surface area contributed by atoms with E-state index in [2.05, 4.69) is 23.1 Å². The van der Waals surface area contributed by atoms with E-state index in [-0.39, 0.29) is 0 Å². The third-order valence-electron chi connectivity index (χ3n) is 4.73. The molecule has 28 heavy (non-hydrogen) atoms. The predicted octanol–water partition coefficient (Wildman–Crippen LogP) is 5.30. The van der Waals surface area contributed by atoms with Gasteiger partial charge in [-0.1, -0.05) is 37.1 Å². The normalized spacial score (nSPS) is 10.7. The molecule has 0 aliphatic heterocycles. The molecule has 3 aromatic rings. The van der Waals surface area contributed by atoms with Crippen LogP contribution in [-0.4, -0.2) is 20.5 Å². The summed E-state index contributed by atoms with van der Waals surface area (Å²) in [7, 11) is 0. The van der Waals surface area contributed by atoms with Crippen molar-refractivity contribution in [1.82, 2.24) is 14.8 Å². The number of halogens is 1. The fraction of sp³-hybridized carbons (Fsp3) is 0.273. The van der Waals surface area contributed by atoms with Crippen LogP contribution in [0.15, 0.2) is 36.5 Å². The molecule has 0 saturated carbocycles. The highest BCUT2D eigenvalue weighted by atomic mass is 35.5. The van der Waals surface area contributed by atoms with Gasteiger partial charge in [0, 0.05) is 17.5 Å². The molecule has 0 unspecified atom stereocenters. The SMILES string of the molecule is CCCC(=N)c1ccc(Cn2nc(C)c(-c3ccc(C#N)c(Cl)c3)c2C)cn1. The monoisotopic (exact) mass is 391 g/mol. The topological polar surface area (TPSA) is 78.4 Å². The lowest BCUT2D eigenvalue weighted by atomic mass is 10.0. The minimum absolute atomic E-state index is 0.445. The average molecular weight is 392 g/mol. The molecule has 0 saturated heterocycles. The molecule has 0 aliphatic rings. The third-order valence-corrected chi connectivity index (χ3v) is 5.04. The standard InChI is InChI=1S/C22H22ClN5/c1-4-5-20(25)21-9-6-16(12-26-21)13-28-15(3)22(14(2)27-28)17-7-8-18(11-24)19(23)10-17/h6-10,12,25H,4-5,13H2,1-3H3. The maximum Gasteiger partial charge on any atom is 0.101 e. The zero-order chi connectivity index (χ0) is 20.3. The Morgan fingerprint density at radius 1 is 1.25 bits per heavy atom. The second-order valence-electron chi connectivity index (χ2n) is 6.79. The van der Waals surface area contributed by atoms with E-state index in [1.54, 1.807) is 6.07 Å². The molecule has 0 fully saturated rings. The zero-order valence-electron chi connectivity index (χ0n) is 16.3.